The zero-order valence-corrected chi connectivity index (χ0v) is 14.8. The molecule has 0 radical (unpaired) electrons. The number of piperazine rings is 1. The van der Waals surface area contributed by atoms with E-state index in [0.717, 1.165) is 25.5 Å². The summed E-state index contributed by atoms with van der Waals surface area (Å²) >= 11 is 0. The van der Waals surface area contributed by atoms with E-state index >= 15 is 0 Å². The molecular weight excluding hydrogens is 350 g/mol. The molecule has 2 aromatic heterocycles. The van der Waals surface area contributed by atoms with Crippen LogP contribution in [-0.4, -0.2) is 49.1 Å². The number of benzene rings is 1. The van der Waals surface area contributed by atoms with Crippen LogP contribution in [0.1, 0.15) is 17.8 Å². The number of aryl methyl sites for hydroxylation is 1. The Kier molecular flexibility index (Phi) is 4.65. The third kappa shape index (κ3) is 3.57. The van der Waals surface area contributed by atoms with Crippen LogP contribution < -0.4 is 5.32 Å². The van der Waals surface area contributed by atoms with Gasteiger partial charge in [-0.25, -0.2) is 4.98 Å². The quantitative estimate of drug-likeness (QED) is 0.532. The molecule has 10 nitrogen and oxygen atoms in total. The van der Waals surface area contributed by atoms with Gasteiger partial charge < -0.3 is 14.4 Å². The van der Waals surface area contributed by atoms with Gasteiger partial charge in [0.2, 0.25) is 11.7 Å². The van der Waals surface area contributed by atoms with Crippen LogP contribution in [0.5, 0.6) is 0 Å². The summed E-state index contributed by atoms with van der Waals surface area (Å²) in [5, 5.41) is 18.2. The number of nitro benzene ring substituents is 1. The predicted molar refractivity (Wildman–Crippen MR) is 95.6 cm³/mol. The van der Waals surface area contributed by atoms with E-state index in [0.29, 0.717) is 23.8 Å². The first kappa shape index (κ1) is 17.3. The molecule has 1 aliphatic rings. The molecule has 0 saturated carbocycles. The smallest absolute Gasteiger partial charge is 0.269 e. The third-order valence-electron chi connectivity index (χ3n) is 4.65. The molecule has 1 unspecified atom stereocenters. The summed E-state index contributed by atoms with van der Waals surface area (Å²) in [6.45, 7) is 3.03. The summed E-state index contributed by atoms with van der Waals surface area (Å²) in [6, 6.07) is 6.22. The third-order valence-corrected chi connectivity index (χ3v) is 4.65. The molecular formula is C17H19N7O3. The number of imidazole rings is 1. The van der Waals surface area contributed by atoms with Gasteiger partial charge in [-0.1, -0.05) is 5.16 Å². The highest BCUT2D eigenvalue weighted by Crippen LogP contribution is 2.24. The van der Waals surface area contributed by atoms with E-state index in [9.17, 15) is 10.1 Å². The van der Waals surface area contributed by atoms with Crippen molar-refractivity contribution in [2.24, 2.45) is 7.05 Å². The average Bonchev–Trinajstić information content (AvgIpc) is 3.31. The fraction of sp³-hybridized carbons (Fsp3) is 0.353. The number of nitrogens with zero attached hydrogens (tertiary/aromatic N) is 6. The van der Waals surface area contributed by atoms with Crippen molar-refractivity contribution < 1.29 is 9.45 Å². The van der Waals surface area contributed by atoms with E-state index in [1.165, 1.54) is 12.1 Å². The lowest BCUT2D eigenvalue weighted by Gasteiger charge is -2.34. The largest absolute Gasteiger partial charge is 0.338 e. The maximum Gasteiger partial charge on any atom is 0.269 e. The number of non-ortho nitro benzene ring substituents is 1. The van der Waals surface area contributed by atoms with E-state index in [4.69, 9.17) is 4.52 Å². The molecule has 0 bridgehead atoms. The molecule has 3 heterocycles. The number of rotatable bonds is 5. The summed E-state index contributed by atoms with van der Waals surface area (Å²) in [6.07, 6.45) is 3.73. The van der Waals surface area contributed by atoms with Crippen molar-refractivity contribution in [1.29, 1.82) is 0 Å². The molecule has 3 aromatic rings. The van der Waals surface area contributed by atoms with Gasteiger partial charge in [-0.05, 0) is 12.1 Å². The van der Waals surface area contributed by atoms with Crippen molar-refractivity contribution in [3.05, 3.63) is 58.5 Å². The van der Waals surface area contributed by atoms with Crippen LogP contribution in [-0.2, 0) is 13.6 Å². The molecule has 1 aromatic carbocycles. The van der Waals surface area contributed by atoms with Gasteiger partial charge >= 0.3 is 0 Å². The van der Waals surface area contributed by atoms with Crippen molar-refractivity contribution in [2.45, 2.75) is 12.6 Å². The van der Waals surface area contributed by atoms with Crippen molar-refractivity contribution in [3.8, 4) is 11.4 Å². The molecule has 1 atom stereocenters. The standard InChI is InChI=1S/C17H19N7O3/c1-22-8-7-19-17(22)14-10-18-6-9-23(14)11-15-20-16(21-27-15)12-2-4-13(5-3-12)24(25)26/h2-5,7-8,14,18H,6,9-11H2,1H3. The Bertz CT molecular complexity index is 934. The zero-order chi connectivity index (χ0) is 18.8. The van der Waals surface area contributed by atoms with Gasteiger partial charge in [0.15, 0.2) is 0 Å². The number of aromatic nitrogens is 4. The lowest BCUT2D eigenvalue weighted by atomic mass is 10.1. The molecule has 4 rings (SSSR count). The molecule has 1 saturated heterocycles. The van der Waals surface area contributed by atoms with Crippen LogP contribution in [0.25, 0.3) is 11.4 Å². The Morgan fingerprint density at radius 1 is 1.37 bits per heavy atom. The molecule has 140 valence electrons. The number of hydrogen-bond donors (Lipinski definition) is 1. The Balaban J connectivity index is 1.51. The van der Waals surface area contributed by atoms with E-state index in [-0.39, 0.29) is 11.7 Å². The van der Waals surface area contributed by atoms with Crippen LogP contribution in [0.2, 0.25) is 0 Å². The Morgan fingerprint density at radius 2 is 2.19 bits per heavy atom. The molecule has 0 spiro atoms. The van der Waals surface area contributed by atoms with Crippen molar-refractivity contribution in [1.82, 2.24) is 29.9 Å². The summed E-state index contributed by atoms with van der Waals surface area (Å²) in [5.74, 6) is 1.91. The summed E-state index contributed by atoms with van der Waals surface area (Å²) < 4.78 is 7.43. The molecule has 0 amide bonds. The van der Waals surface area contributed by atoms with Gasteiger partial charge in [-0.2, -0.15) is 4.98 Å². The van der Waals surface area contributed by atoms with Gasteiger partial charge in [0.1, 0.15) is 5.82 Å². The summed E-state index contributed by atoms with van der Waals surface area (Å²) in [4.78, 5) is 21.5. The predicted octanol–water partition coefficient (Wildman–Crippen LogP) is 1.52. The first-order chi connectivity index (χ1) is 13.1. The lowest BCUT2D eigenvalue weighted by molar-refractivity contribution is -0.384. The Morgan fingerprint density at radius 3 is 2.89 bits per heavy atom. The highest BCUT2D eigenvalue weighted by atomic mass is 16.6. The fourth-order valence-electron chi connectivity index (χ4n) is 3.23. The number of hydrogen-bond acceptors (Lipinski definition) is 8. The minimum Gasteiger partial charge on any atom is -0.338 e. The lowest BCUT2D eigenvalue weighted by Crippen LogP contribution is -2.46. The molecule has 1 fully saturated rings. The van der Waals surface area contributed by atoms with Crippen LogP contribution in [0.3, 0.4) is 0 Å². The van der Waals surface area contributed by atoms with Crippen molar-refractivity contribution in [3.63, 3.8) is 0 Å². The SMILES string of the molecule is Cn1ccnc1C1CNCCN1Cc1nc(-c2ccc([N+](=O)[O-])cc2)no1. The minimum absolute atomic E-state index is 0.0289. The highest BCUT2D eigenvalue weighted by molar-refractivity contribution is 5.56. The second-order valence-electron chi connectivity index (χ2n) is 6.40. The number of nitro groups is 1. The van der Waals surface area contributed by atoms with Gasteiger partial charge in [-0.15, -0.1) is 0 Å². The maximum atomic E-state index is 10.8. The molecule has 27 heavy (non-hydrogen) atoms. The fourth-order valence-corrected chi connectivity index (χ4v) is 3.23. The topological polar surface area (TPSA) is 115 Å². The van der Waals surface area contributed by atoms with Crippen LogP contribution in [0.4, 0.5) is 5.69 Å². The first-order valence-electron chi connectivity index (χ1n) is 8.61. The van der Waals surface area contributed by atoms with Crippen molar-refractivity contribution in [2.75, 3.05) is 19.6 Å². The van der Waals surface area contributed by atoms with E-state index < -0.39 is 4.92 Å². The van der Waals surface area contributed by atoms with E-state index in [1.807, 2.05) is 17.8 Å². The van der Waals surface area contributed by atoms with Gasteiger partial charge in [0, 0.05) is 56.8 Å². The van der Waals surface area contributed by atoms with Gasteiger partial charge in [0.05, 0.1) is 17.5 Å². The summed E-state index contributed by atoms with van der Waals surface area (Å²) in [5.41, 5.74) is 0.706. The Hall–Kier alpha value is -3.11. The van der Waals surface area contributed by atoms with Crippen LogP contribution in [0.15, 0.2) is 41.2 Å². The average molecular weight is 369 g/mol. The number of nitrogens with one attached hydrogen (secondary N) is 1. The van der Waals surface area contributed by atoms with Crippen LogP contribution in [0, 0.1) is 10.1 Å². The van der Waals surface area contributed by atoms with E-state index in [1.54, 1.807) is 18.3 Å². The molecule has 1 aliphatic heterocycles. The van der Waals surface area contributed by atoms with E-state index in [2.05, 4.69) is 25.3 Å². The molecule has 10 heteroatoms. The summed E-state index contributed by atoms with van der Waals surface area (Å²) in [7, 11) is 1.98. The minimum atomic E-state index is -0.437. The molecule has 0 aliphatic carbocycles. The monoisotopic (exact) mass is 369 g/mol. The second kappa shape index (κ2) is 7.25. The first-order valence-corrected chi connectivity index (χ1v) is 8.61. The maximum absolute atomic E-state index is 10.8. The van der Waals surface area contributed by atoms with Gasteiger partial charge in [0.25, 0.3) is 5.69 Å². The highest BCUT2D eigenvalue weighted by Gasteiger charge is 2.28. The van der Waals surface area contributed by atoms with Gasteiger partial charge in [-0.3, -0.25) is 15.0 Å². The van der Waals surface area contributed by atoms with Crippen LogP contribution >= 0.6 is 0 Å². The zero-order valence-electron chi connectivity index (χ0n) is 14.8. The van der Waals surface area contributed by atoms with Crippen molar-refractivity contribution >= 4 is 5.69 Å². The Labute approximate surface area is 155 Å². The second-order valence-corrected chi connectivity index (χ2v) is 6.40. The normalized spacial score (nSPS) is 17.9. The molecule has 1 N–H and O–H groups in total.